The van der Waals surface area contributed by atoms with Crippen LogP contribution in [0.3, 0.4) is 0 Å². The van der Waals surface area contributed by atoms with Crippen molar-refractivity contribution >= 4 is 11.0 Å². The summed E-state index contributed by atoms with van der Waals surface area (Å²) in [7, 11) is 0. The Balaban J connectivity index is 1.70. The first-order valence-corrected chi connectivity index (χ1v) is 10.9. The Morgan fingerprint density at radius 1 is 0.882 bits per heavy atom. The molecule has 3 aromatic heterocycles. The Labute approximate surface area is 194 Å². The zero-order valence-corrected chi connectivity index (χ0v) is 19.1. The van der Waals surface area contributed by atoms with Crippen molar-refractivity contribution in [1.82, 2.24) is 40.4 Å². The summed E-state index contributed by atoms with van der Waals surface area (Å²) in [4.78, 5) is 29.8. The molecule has 3 N–H and O–H groups in total. The minimum Gasteiger partial charge on any atom is -0.319 e. The van der Waals surface area contributed by atoms with Gasteiger partial charge in [0.1, 0.15) is 11.3 Å². The molecule has 0 amide bonds. The number of aromatic amines is 3. The molecule has 0 saturated carbocycles. The number of fused-ring (bicyclic) bond motifs is 1. The van der Waals surface area contributed by atoms with Crippen molar-refractivity contribution in [2.75, 3.05) is 0 Å². The maximum Gasteiger partial charge on any atom is 0.290 e. The largest absolute Gasteiger partial charge is 0.319 e. The molecule has 172 valence electrons. The van der Waals surface area contributed by atoms with E-state index in [1.54, 1.807) is 0 Å². The van der Waals surface area contributed by atoms with Crippen LogP contribution in [0.15, 0.2) is 58.1 Å². The lowest BCUT2D eigenvalue weighted by Gasteiger charge is -2.20. The zero-order valence-electron chi connectivity index (χ0n) is 19.1. The van der Waals surface area contributed by atoms with E-state index in [2.05, 4.69) is 56.6 Å². The Morgan fingerprint density at radius 3 is 2.26 bits per heavy atom. The van der Waals surface area contributed by atoms with E-state index in [1.165, 1.54) is 0 Å². The van der Waals surface area contributed by atoms with Crippen LogP contribution >= 0.6 is 0 Å². The van der Waals surface area contributed by atoms with Crippen molar-refractivity contribution in [3.63, 3.8) is 0 Å². The van der Waals surface area contributed by atoms with Crippen LogP contribution in [0.5, 0.6) is 0 Å². The molecule has 2 aromatic carbocycles. The number of imidazole rings is 1. The van der Waals surface area contributed by atoms with Gasteiger partial charge in [-0.2, -0.15) is 5.21 Å². The Kier molecular flexibility index (Phi) is 5.20. The van der Waals surface area contributed by atoms with Crippen LogP contribution < -0.4 is 11.1 Å². The first kappa shape index (κ1) is 21.5. The maximum absolute atomic E-state index is 12.8. The second-order valence-corrected chi connectivity index (χ2v) is 9.40. The molecule has 5 rings (SSSR count). The summed E-state index contributed by atoms with van der Waals surface area (Å²) >= 11 is 0. The van der Waals surface area contributed by atoms with E-state index in [4.69, 9.17) is 0 Å². The van der Waals surface area contributed by atoms with Gasteiger partial charge >= 0.3 is 0 Å². The Morgan fingerprint density at radius 2 is 1.56 bits per heavy atom. The van der Waals surface area contributed by atoms with Crippen molar-refractivity contribution in [3.05, 3.63) is 80.6 Å². The first-order valence-electron chi connectivity index (χ1n) is 10.9. The molecule has 0 saturated heterocycles. The molecule has 0 radical (unpaired) electrons. The third-order valence-electron chi connectivity index (χ3n) is 5.60. The van der Waals surface area contributed by atoms with Gasteiger partial charge in [-0.15, -0.1) is 10.2 Å². The predicted molar refractivity (Wildman–Crippen MR) is 128 cm³/mol. The second-order valence-electron chi connectivity index (χ2n) is 9.40. The molecule has 0 atom stereocenters. The summed E-state index contributed by atoms with van der Waals surface area (Å²) in [5.41, 5.74) is 3.23. The lowest BCUT2D eigenvalue weighted by atomic mass is 9.91. The van der Waals surface area contributed by atoms with Gasteiger partial charge in [-0.05, 0) is 27.3 Å². The summed E-state index contributed by atoms with van der Waals surface area (Å²) in [5.74, 6) is 1.18. The molecule has 0 aliphatic carbocycles. The van der Waals surface area contributed by atoms with Gasteiger partial charge in [-0.1, -0.05) is 69.3 Å². The normalized spacial score (nSPS) is 11.9. The van der Waals surface area contributed by atoms with E-state index in [0.29, 0.717) is 24.6 Å². The zero-order chi connectivity index (χ0) is 23.9. The van der Waals surface area contributed by atoms with Gasteiger partial charge in [0.05, 0.1) is 6.54 Å². The van der Waals surface area contributed by atoms with Crippen LogP contribution in [0.25, 0.3) is 33.5 Å². The van der Waals surface area contributed by atoms with E-state index in [9.17, 15) is 9.59 Å². The van der Waals surface area contributed by atoms with Crippen molar-refractivity contribution < 1.29 is 0 Å². The topological polar surface area (TPSA) is 138 Å². The van der Waals surface area contributed by atoms with Crippen LogP contribution in [-0.4, -0.2) is 40.4 Å². The van der Waals surface area contributed by atoms with Crippen LogP contribution in [0.4, 0.5) is 0 Å². The molecule has 0 unspecified atom stereocenters. The second kappa shape index (κ2) is 8.22. The minimum atomic E-state index is -0.417. The standard InChI is InChI=1S/C24H24N8O2/c1-24(2,3)12-18-25-19-20(23(34)29-28-22(19)33)32(18)13-14-8-4-5-9-15(14)16-10-6-7-11-17(16)21-26-30-31-27-21/h4-11H,12-13H2,1-3H3,(H,28,33)(H,29,34)(H,26,27,30,31). The molecule has 34 heavy (non-hydrogen) atoms. The summed E-state index contributed by atoms with van der Waals surface area (Å²) in [6, 6.07) is 15.8. The molecule has 5 aromatic rings. The van der Waals surface area contributed by atoms with Gasteiger partial charge in [0.15, 0.2) is 5.52 Å². The molecule has 10 nitrogen and oxygen atoms in total. The fraction of sp³-hybridized carbons (Fsp3) is 0.250. The highest BCUT2D eigenvalue weighted by molar-refractivity contribution is 5.82. The van der Waals surface area contributed by atoms with Gasteiger partial charge in [-0.3, -0.25) is 19.8 Å². The van der Waals surface area contributed by atoms with Gasteiger partial charge < -0.3 is 4.57 Å². The number of rotatable bonds is 5. The molecule has 3 heterocycles. The highest BCUT2D eigenvalue weighted by Crippen LogP contribution is 2.33. The van der Waals surface area contributed by atoms with Crippen molar-refractivity contribution in [3.8, 4) is 22.5 Å². The maximum atomic E-state index is 12.8. The van der Waals surface area contributed by atoms with E-state index in [1.807, 2.05) is 53.1 Å². The highest BCUT2D eigenvalue weighted by atomic mass is 16.1. The highest BCUT2D eigenvalue weighted by Gasteiger charge is 2.22. The van der Waals surface area contributed by atoms with Gasteiger partial charge in [0, 0.05) is 12.0 Å². The fourth-order valence-electron chi connectivity index (χ4n) is 4.18. The minimum absolute atomic E-state index is 0.0939. The molecular weight excluding hydrogens is 432 g/mol. The molecule has 0 fully saturated rings. The molecule has 0 aliphatic rings. The van der Waals surface area contributed by atoms with E-state index < -0.39 is 5.56 Å². The predicted octanol–water partition coefficient (Wildman–Crippen LogP) is 2.90. The molecule has 10 heteroatoms. The lowest BCUT2D eigenvalue weighted by molar-refractivity contribution is 0.394. The van der Waals surface area contributed by atoms with Crippen molar-refractivity contribution in [2.24, 2.45) is 5.41 Å². The molecular formula is C24H24N8O2. The quantitative estimate of drug-likeness (QED) is 0.372. The average Bonchev–Trinajstić information content (AvgIpc) is 3.45. The molecule has 0 spiro atoms. The lowest BCUT2D eigenvalue weighted by Crippen LogP contribution is -2.21. The van der Waals surface area contributed by atoms with Gasteiger partial charge in [0.2, 0.25) is 5.82 Å². The Hall–Kier alpha value is -4.34. The average molecular weight is 457 g/mol. The monoisotopic (exact) mass is 456 g/mol. The summed E-state index contributed by atoms with van der Waals surface area (Å²) in [5, 5.41) is 19.3. The smallest absolute Gasteiger partial charge is 0.290 e. The van der Waals surface area contributed by atoms with Crippen molar-refractivity contribution in [2.45, 2.75) is 33.7 Å². The number of tetrazole rings is 1. The van der Waals surface area contributed by atoms with Crippen molar-refractivity contribution in [1.29, 1.82) is 0 Å². The van der Waals surface area contributed by atoms with Gasteiger partial charge in [0.25, 0.3) is 11.1 Å². The third kappa shape index (κ3) is 3.94. The number of nitrogens with one attached hydrogen (secondary N) is 3. The number of H-pyrrole nitrogens is 3. The fourth-order valence-corrected chi connectivity index (χ4v) is 4.18. The van der Waals surface area contributed by atoms with Crippen LogP contribution in [0, 0.1) is 5.41 Å². The number of aromatic nitrogens is 8. The van der Waals surface area contributed by atoms with Gasteiger partial charge in [-0.25, -0.2) is 4.98 Å². The summed E-state index contributed by atoms with van der Waals surface area (Å²) in [6.45, 7) is 6.66. The van der Waals surface area contributed by atoms with Crippen LogP contribution in [0.1, 0.15) is 32.2 Å². The number of hydrogen-bond donors (Lipinski definition) is 3. The van der Waals surface area contributed by atoms with E-state index in [0.717, 1.165) is 22.3 Å². The number of hydrogen-bond acceptors (Lipinski definition) is 6. The van der Waals surface area contributed by atoms with E-state index >= 15 is 0 Å². The van der Waals surface area contributed by atoms with Crippen LogP contribution in [-0.2, 0) is 13.0 Å². The molecule has 0 bridgehead atoms. The number of nitrogens with zero attached hydrogens (tertiary/aromatic N) is 5. The van der Waals surface area contributed by atoms with Crippen LogP contribution in [0.2, 0.25) is 0 Å². The summed E-state index contributed by atoms with van der Waals surface area (Å²) < 4.78 is 1.85. The number of benzene rings is 2. The first-order chi connectivity index (χ1) is 16.3. The van der Waals surface area contributed by atoms with E-state index in [-0.39, 0.29) is 22.0 Å². The Bertz CT molecular complexity index is 1590. The molecule has 0 aliphatic heterocycles. The summed E-state index contributed by atoms with van der Waals surface area (Å²) in [6.07, 6.45) is 0.599. The SMILES string of the molecule is CC(C)(C)Cc1nc2c(=O)[nH][nH]c(=O)c2n1Cc1ccccc1-c1ccccc1-c1nn[nH]n1. The third-order valence-corrected chi connectivity index (χ3v) is 5.60.